The molecule has 40 heavy (non-hydrogen) atoms. The number of hydrogen-bond donors (Lipinski definition) is 0. The van der Waals surface area contributed by atoms with E-state index < -0.39 is 5.97 Å². The summed E-state index contributed by atoms with van der Waals surface area (Å²) in [6.45, 7) is 7.53. The lowest BCUT2D eigenvalue weighted by atomic mass is 9.84. The van der Waals surface area contributed by atoms with Gasteiger partial charge in [0.1, 0.15) is 12.2 Å². The van der Waals surface area contributed by atoms with Crippen LogP contribution >= 0.6 is 35.4 Å². The lowest BCUT2D eigenvalue weighted by Gasteiger charge is -2.48. The number of rotatable bonds is 6. The Morgan fingerprint density at radius 3 is 2.52 bits per heavy atom. The van der Waals surface area contributed by atoms with E-state index in [9.17, 15) is 4.79 Å². The topological polar surface area (TPSA) is 71.0 Å². The highest BCUT2D eigenvalue weighted by Gasteiger charge is 2.48. The quantitative estimate of drug-likeness (QED) is 0.171. The number of piperidine rings is 1. The van der Waals surface area contributed by atoms with E-state index in [1.54, 1.807) is 24.4 Å². The van der Waals surface area contributed by atoms with Gasteiger partial charge in [0, 0.05) is 25.7 Å². The van der Waals surface area contributed by atoms with Gasteiger partial charge in [0.25, 0.3) is 0 Å². The number of methoxy groups -OCH3 is 1. The van der Waals surface area contributed by atoms with Crippen LogP contribution in [0.3, 0.4) is 0 Å². The van der Waals surface area contributed by atoms with Crippen molar-refractivity contribution >= 4 is 52.9 Å². The van der Waals surface area contributed by atoms with Crippen LogP contribution in [0.15, 0.2) is 48.7 Å². The van der Waals surface area contributed by atoms with Crippen molar-refractivity contribution in [2.75, 3.05) is 37.2 Å². The fraction of sp³-hybridized carbons (Fsp3) is 0.414. The van der Waals surface area contributed by atoms with Gasteiger partial charge in [-0.05, 0) is 57.7 Å². The number of hydrogen-bond acceptors (Lipinski definition) is 9. The Kier molecular flexibility index (Phi) is 8.23. The van der Waals surface area contributed by atoms with Crippen LogP contribution < -0.4 is 9.91 Å². The standard InChI is InChI=1S/C29H33Cl2N5O3S/c1-28(2,3)39-40-34(4)36-23-12-7-6-9-19(23)17-29(36)13-15-35(16-14-29)26-25(27(37)38-5)33-22(18-32-26)20-10-8-11-21(30)24(20)31/h6-12,18H,13-17H2,1-5H3. The number of para-hydroxylation sites is 1. The average Bonchev–Trinajstić information content (AvgIpc) is 3.25. The summed E-state index contributed by atoms with van der Waals surface area (Å²) >= 11 is 14.0. The van der Waals surface area contributed by atoms with Crippen molar-refractivity contribution < 1.29 is 13.7 Å². The second kappa shape index (κ2) is 11.4. The summed E-state index contributed by atoms with van der Waals surface area (Å²) in [4.78, 5) is 24.3. The Morgan fingerprint density at radius 1 is 1.10 bits per heavy atom. The molecule has 1 spiro atoms. The molecule has 8 nitrogen and oxygen atoms in total. The van der Waals surface area contributed by atoms with Gasteiger partial charge in [-0.15, -0.1) is 4.41 Å². The molecule has 0 N–H and O–H groups in total. The van der Waals surface area contributed by atoms with E-state index in [0.29, 0.717) is 40.2 Å². The fourth-order valence-corrected chi connectivity index (χ4v) is 6.46. The van der Waals surface area contributed by atoms with Crippen molar-refractivity contribution in [1.82, 2.24) is 14.4 Å². The maximum absolute atomic E-state index is 12.9. The van der Waals surface area contributed by atoms with Gasteiger partial charge >= 0.3 is 5.97 Å². The molecular weight excluding hydrogens is 569 g/mol. The molecule has 0 radical (unpaired) electrons. The molecule has 0 unspecified atom stereocenters. The number of fused-ring (bicyclic) bond motifs is 1. The van der Waals surface area contributed by atoms with Crippen molar-refractivity contribution in [3.8, 4) is 11.3 Å². The summed E-state index contributed by atoms with van der Waals surface area (Å²) in [5.74, 6) is -0.0439. The zero-order valence-corrected chi connectivity index (χ0v) is 25.6. The molecule has 2 aliphatic rings. The van der Waals surface area contributed by atoms with E-state index >= 15 is 0 Å². The summed E-state index contributed by atoms with van der Waals surface area (Å²) in [6.07, 6.45) is 4.27. The van der Waals surface area contributed by atoms with Gasteiger partial charge in [-0.25, -0.2) is 14.8 Å². The van der Waals surface area contributed by atoms with E-state index in [-0.39, 0.29) is 16.8 Å². The molecule has 0 atom stereocenters. The highest BCUT2D eigenvalue weighted by Crippen LogP contribution is 2.47. The highest BCUT2D eigenvalue weighted by molar-refractivity contribution is 7.92. The Morgan fingerprint density at radius 2 is 1.82 bits per heavy atom. The molecule has 0 amide bonds. The number of hydrazine groups is 1. The zero-order valence-electron chi connectivity index (χ0n) is 23.3. The van der Waals surface area contributed by atoms with Crippen LogP contribution in [0.1, 0.15) is 49.7 Å². The summed E-state index contributed by atoms with van der Waals surface area (Å²) in [6, 6.07) is 13.8. The third kappa shape index (κ3) is 5.63. The highest BCUT2D eigenvalue weighted by atomic mass is 35.5. The molecule has 2 aliphatic heterocycles. The first-order valence-electron chi connectivity index (χ1n) is 13.2. The molecule has 1 fully saturated rings. The van der Waals surface area contributed by atoms with Crippen molar-refractivity contribution in [2.45, 2.75) is 51.2 Å². The lowest BCUT2D eigenvalue weighted by Crippen LogP contribution is -2.58. The van der Waals surface area contributed by atoms with Crippen molar-refractivity contribution in [3.05, 3.63) is 70.0 Å². The molecule has 5 rings (SSSR count). The van der Waals surface area contributed by atoms with E-state index in [0.717, 1.165) is 19.3 Å². The van der Waals surface area contributed by atoms with Crippen molar-refractivity contribution in [2.24, 2.45) is 0 Å². The number of carbonyl (C=O) groups is 1. The smallest absolute Gasteiger partial charge is 0.360 e. The number of ether oxygens (including phenoxy) is 1. The second-order valence-corrected chi connectivity index (χ2v) is 12.7. The van der Waals surface area contributed by atoms with Crippen LogP contribution in [0.25, 0.3) is 11.3 Å². The van der Waals surface area contributed by atoms with Gasteiger partial charge in [0.15, 0.2) is 11.5 Å². The largest absolute Gasteiger partial charge is 0.464 e. The predicted octanol–water partition coefficient (Wildman–Crippen LogP) is 6.86. The van der Waals surface area contributed by atoms with Gasteiger partial charge in [-0.3, -0.25) is 9.19 Å². The molecule has 3 heterocycles. The van der Waals surface area contributed by atoms with Crippen LogP contribution in [0.2, 0.25) is 10.0 Å². The molecule has 0 bridgehead atoms. The molecule has 0 aliphatic carbocycles. The summed E-state index contributed by atoms with van der Waals surface area (Å²) in [5.41, 5.74) is 3.33. The van der Waals surface area contributed by atoms with Crippen LogP contribution in [-0.2, 0) is 15.3 Å². The lowest BCUT2D eigenvalue weighted by molar-refractivity contribution is 0.0594. The Balaban J connectivity index is 1.42. The van der Waals surface area contributed by atoms with Crippen LogP contribution in [0, 0.1) is 0 Å². The number of anilines is 2. The van der Waals surface area contributed by atoms with Crippen LogP contribution in [-0.4, -0.2) is 58.7 Å². The number of aromatic nitrogens is 2. The maximum atomic E-state index is 12.9. The van der Waals surface area contributed by atoms with Gasteiger partial charge in [-0.1, -0.05) is 53.5 Å². The van der Waals surface area contributed by atoms with E-state index in [2.05, 4.69) is 43.6 Å². The minimum Gasteiger partial charge on any atom is -0.464 e. The molecule has 212 valence electrons. The molecule has 1 saturated heterocycles. The first-order chi connectivity index (χ1) is 19.0. The SMILES string of the molecule is COC(=O)c1nc(-c2cccc(Cl)c2Cl)cnc1N1CCC2(CC1)Cc1ccccc1N2N(C)SOC(C)(C)C. The molecule has 3 aromatic rings. The third-order valence-electron chi connectivity index (χ3n) is 7.22. The molecule has 2 aromatic carbocycles. The van der Waals surface area contributed by atoms with E-state index in [4.69, 9.17) is 37.1 Å². The van der Waals surface area contributed by atoms with Crippen molar-refractivity contribution in [3.63, 3.8) is 0 Å². The number of carbonyl (C=O) groups excluding carboxylic acids is 1. The maximum Gasteiger partial charge on any atom is 0.360 e. The molecule has 1 aromatic heterocycles. The number of nitrogens with zero attached hydrogens (tertiary/aromatic N) is 5. The minimum atomic E-state index is -0.548. The minimum absolute atomic E-state index is 0.129. The monoisotopic (exact) mass is 601 g/mol. The molecule has 11 heteroatoms. The fourth-order valence-electron chi connectivity index (χ4n) is 5.40. The third-order valence-corrected chi connectivity index (χ3v) is 8.99. The van der Waals surface area contributed by atoms with Gasteiger partial charge < -0.3 is 9.64 Å². The summed E-state index contributed by atoms with van der Waals surface area (Å²) < 4.78 is 13.3. The number of benzene rings is 2. The van der Waals surface area contributed by atoms with Gasteiger partial charge in [0.05, 0.1) is 45.9 Å². The Bertz CT molecular complexity index is 1410. The first kappa shape index (κ1) is 29.0. The van der Waals surface area contributed by atoms with Crippen LogP contribution in [0.5, 0.6) is 0 Å². The molecule has 0 saturated carbocycles. The summed E-state index contributed by atoms with van der Waals surface area (Å²) in [5, 5.41) is 3.15. The number of halogens is 2. The van der Waals surface area contributed by atoms with Gasteiger partial charge in [0.2, 0.25) is 0 Å². The Hall–Kier alpha value is -2.56. The zero-order chi connectivity index (χ0) is 28.7. The van der Waals surface area contributed by atoms with E-state index in [1.807, 2.05) is 27.8 Å². The van der Waals surface area contributed by atoms with Crippen molar-refractivity contribution in [1.29, 1.82) is 0 Å². The van der Waals surface area contributed by atoms with Crippen LogP contribution in [0.4, 0.5) is 11.5 Å². The molecular formula is C29H33Cl2N5O3S. The predicted molar refractivity (Wildman–Crippen MR) is 162 cm³/mol. The van der Waals surface area contributed by atoms with Gasteiger partial charge in [-0.2, -0.15) is 0 Å². The average molecular weight is 603 g/mol. The Labute approximate surface area is 249 Å². The normalized spacial score (nSPS) is 16.5. The van der Waals surface area contributed by atoms with E-state index in [1.165, 1.54) is 30.6 Å². The first-order valence-corrected chi connectivity index (χ1v) is 14.6. The number of esters is 1. The summed E-state index contributed by atoms with van der Waals surface area (Å²) in [7, 11) is 3.39. The second-order valence-electron chi connectivity index (χ2n) is 11.1.